The van der Waals surface area contributed by atoms with Crippen molar-refractivity contribution in [2.45, 2.75) is 50.1 Å². The van der Waals surface area contributed by atoms with E-state index < -0.39 is 5.41 Å². The average Bonchev–Trinajstić information content (AvgIpc) is 2.84. The highest BCUT2D eigenvalue weighted by Gasteiger charge is 2.34. The molecule has 0 aliphatic carbocycles. The number of halogens is 1. The summed E-state index contributed by atoms with van der Waals surface area (Å²) >= 11 is 7.99. The number of hydrogen-bond donors (Lipinski definition) is 2. The third kappa shape index (κ3) is 4.32. The highest BCUT2D eigenvalue weighted by molar-refractivity contribution is 7.99. The summed E-state index contributed by atoms with van der Waals surface area (Å²) in [7, 11) is 0. The highest BCUT2D eigenvalue weighted by atomic mass is 35.5. The highest BCUT2D eigenvalue weighted by Crippen LogP contribution is 2.41. The second kappa shape index (κ2) is 9.07. The lowest BCUT2D eigenvalue weighted by Crippen LogP contribution is -2.42. The molecule has 9 heteroatoms. The van der Waals surface area contributed by atoms with Crippen LogP contribution < -0.4 is 15.5 Å². The van der Waals surface area contributed by atoms with Crippen LogP contribution in [0.4, 0.5) is 17.3 Å². The topological polar surface area (TPSA) is 93.9 Å². The van der Waals surface area contributed by atoms with Gasteiger partial charge in [0.05, 0.1) is 33.6 Å². The van der Waals surface area contributed by atoms with E-state index >= 15 is 0 Å². The van der Waals surface area contributed by atoms with Gasteiger partial charge in [-0.1, -0.05) is 41.6 Å². The standard InChI is InChI=1S/C27H27ClN6OS/c1-26(2,14-29)20-6-5-7-21(28)22(20)34-15-36-23-18(24(34)35)13-30-25(33-23)32-17-8-9-19-16(12-17)10-11-31-27(19,3)4/h5-9,12-13,31H,10-11,15H2,1-4H3,(H,30,32,33). The van der Waals surface area contributed by atoms with Crippen molar-refractivity contribution in [1.82, 2.24) is 15.3 Å². The van der Waals surface area contributed by atoms with Crippen LogP contribution in [0.3, 0.4) is 0 Å². The van der Waals surface area contributed by atoms with Crippen molar-refractivity contribution in [2.75, 3.05) is 22.6 Å². The number of nitriles is 1. The summed E-state index contributed by atoms with van der Waals surface area (Å²) in [6.45, 7) is 8.95. The monoisotopic (exact) mass is 518 g/mol. The van der Waals surface area contributed by atoms with E-state index in [9.17, 15) is 10.1 Å². The van der Waals surface area contributed by atoms with E-state index in [0.717, 1.165) is 18.7 Å². The molecule has 7 nitrogen and oxygen atoms in total. The van der Waals surface area contributed by atoms with Crippen LogP contribution in [-0.2, 0) is 17.4 Å². The SMILES string of the molecule is CC(C)(C#N)c1cccc(Cl)c1N1CSc2nc(Nc3ccc4c(c3)CCNC4(C)C)ncc2C1=O. The fraction of sp³-hybridized carbons (Fsp3) is 0.333. The van der Waals surface area contributed by atoms with Crippen molar-refractivity contribution >= 4 is 46.6 Å². The van der Waals surface area contributed by atoms with Crippen LogP contribution in [0.1, 0.15) is 54.7 Å². The predicted octanol–water partition coefficient (Wildman–Crippen LogP) is 5.77. The first-order valence-corrected chi connectivity index (χ1v) is 13.1. The van der Waals surface area contributed by atoms with E-state index in [4.69, 9.17) is 11.6 Å². The number of carbonyl (C=O) groups excluding carboxylic acids is 1. The van der Waals surface area contributed by atoms with Gasteiger partial charge in [0.2, 0.25) is 5.95 Å². The number of thioether (sulfide) groups is 1. The lowest BCUT2D eigenvalue weighted by molar-refractivity contribution is 0.0985. The zero-order chi connectivity index (χ0) is 25.7. The number of para-hydroxylation sites is 1. The molecule has 2 aromatic carbocycles. The Kier molecular flexibility index (Phi) is 6.19. The van der Waals surface area contributed by atoms with Crippen LogP contribution >= 0.6 is 23.4 Å². The van der Waals surface area contributed by atoms with E-state index in [1.165, 1.54) is 22.9 Å². The maximum Gasteiger partial charge on any atom is 0.263 e. The normalized spacial score (nSPS) is 16.7. The maximum atomic E-state index is 13.5. The smallest absolute Gasteiger partial charge is 0.263 e. The molecule has 0 spiro atoms. The predicted molar refractivity (Wildman–Crippen MR) is 144 cm³/mol. The number of carbonyl (C=O) groups is 1. The molecule has 0 unspecified atom stereocenters. The first kappa shape index (κ1) is 24.6. The number of anilines is 3. The van der Waals surface area contributed by atoms with Gasteiger partial charge < -0.3 is 10.6 Å². The van der Waals surface area contributed by atoms with E-state index in [1.807, 2.05) is 26.0 Å². The molecular weight excluding hydrogens is 492 g/mol. The number of rotatable bonds is 4. The van der Waals surface area contributed by atoms with E-state index in [2.05, 4.69) is 52.7 Å². The minimum atomic E-state index is -0.810. The van der Waals surface area contributed by atoms with Crippen LogP contribution in [-0.4, -0.2) is 28.3 Å². The van der Waals surface area contributed by atoms with Gasteiger partial charge in [0.25, 0.3) is 5.91 Å². The average molecular weight is 519 g/mol. The fourth-order valence-corrected chi connectivity index (χ4v) is 5.98. The number of nitrogens with one attached hydrogen (secondary N) is 2. The second-order valence-corrected chi connectivity index (χ2v) is 11.4. The van der Waals surface area contributed by atoms with Crippen molar-refractivity contribution in [2.24, 2.45) is 0 Å². The van der Waals surface area contributed by atoms with Gasteiger partial charge in [0, 0.05) is 17.4 Å². The van der Waals surface area contributed by atoms with Gasteiger partial charge >= 0.3 is 0 Å². The van der Waals surface area contributed by atoms with Crippen LogP contribution in [0, 0.1) is 11.3 Å². The number of amides is 1. The molecule has 0 bridgehead atoms. The van der Waals surface area contributed by atoms with E-state index in [0.29, 0.717) is 38.7 Å². The van der Waals surface area contributed by atoms with Crippen LogP contribution in [0.25, 0.3) is 0 Å². The lowest BCUT2D eigenvalue weighted by atomic mass is 9.84. The summed E-state index contributed by atoms with van der Waals surface area (Å²) in [5.41, 5.74) is 4.33. The third-order valence-corrected chi connectivity index (χ3v) is 8.04. The Balaban J connectivity index is 1.42. The number of aromatic nitrogens is 2. The molecule has 3 aromatic rings. The van der Waals surface area contributed by atoms with Gasteiger partial charge in [-0.15, -0.1) is 0 Å². The number of nitrogens with zero attached hydrogens (tertiary/aromatic N) is 4. The van der Waals surface area contributed by atoms with Gasteiger partial charge in [0.1, 0.15) is 5.03 Å². The van der Waals surface area contributed by atoms with Gasteiger partial charge in [-0.2, -0.15) is 5.26 Å². The molecule has 1 amide bonds. The summed E-state index contributed by atoms with van der Waals surface area (Å²) in [6, 6.07) is 14.0. The first-order chi connectivity index (χ1) is 17.1. The molecule has 1 aromatic heterocycles. The van der Waals surface area contributed by atoms with Crippen LogP contribution in [0.5, 0.6) is 0 Å². The fourth-order valence-electron chi connectivity index (χ4n) is 4.76. The van der Waals surface area contributed by atoms with Gasteiger partial charge in [0.15, 0.2) is 0 Å². The van der Waals surface area contributed by atoms with Crippen molar-refractivity contribution in [3.05, 3.63) is 69.9 Å². The Morgan fingerprint density at radius 2 is 2.08 bits per heavy atom. The zero-order valence-corrected chi connectivity index (χ0v) is 22.2. The molecule has 0 fully saturated rings. The molecule has 3 heterocycles. The Morgan fingerprint density at radius 1 is 1.28 bits per heavy atom. The Morgan fingerprint density at radius 3 is 2.86 bits per heavy atom. The van der Waals surface area contributed by atoms with E-state index in [-0.39, 0.29) is 11.4 Å². The second-order valence-electron chi connectivity index (χ2n) is 10.1. The molecular formula is C27H27ClN6OS. The Bertz CT molecular complexity index is 1410. The number of hydrogen-bond acceptors (Lipinski definition) is 7. The summed E-state index contributed by atoms with van der Waals surface area (Å²) in [6.07, 6.45) is 2.52. The molecule has 2 aliphatic rings. The zero-order valence-electron chi connectivity index (χ0n) is 20.6. The van der Waals surface area contributed by atoms with E-state index in [1.54, 1.807) is 23.2 Å². The molecule has 5 rings (SSSR count). The maximum absolute atomic E-state index is 13.5. The Labute approximate surface area is 220 Å². The summed E-state index contributed by atoms with van der Waals surface area (Å²) in [4.78, 5) is 24.2. The minimum Gasteiger partial charge on any atom is -0.324 e. The van der Waals surface area contributed by atoms with Crippen molar-refractivity contribution < 1.29 is 4.79 Å². The molecule has 0 atom stereocenters. The first-order valence-electron chi connectivity index (χ1n) is 11.8. The van der Waals surface area contributed by atoms with Crippen molar-refractivity contribution in [3.8, 4) is 6.07 Å². The van der Waals surface area contributed by atoms with Crippen LogP contribution in [0.2, 0.25) is 5.02 Å². The molecule has 2 aliphatic heterocycles. The van der Waals surface area contributed by atoms with Crippen molar-refractivity contribution in [3.63, 3.8) is 0 Å². The molecule has 0 radical (unpaired) electrons. The van der Waals surface area contributed by atoms with Gasteiger partial charge in [-0.05, 0) is 75.5 Å². The third-order valence-electron chi connectivity index (χ3n) is 6.77. The molecule has 0 saturated heterocycles. The van der Waals surface area contributed by atoms with Crippen molar-refractivity contribution in [1.29, 1.82) is 5.26 Å². The molecule has 0 saturated carbocycles. The lowest BCUT2D eigenvalue weighted by Gasteiger charge is -2.34. The molecule has 36 heavy (non-hydrogen) atoms. The summed E-state index contributed by atoms with van der Waals surface area (Å²) in [5, 5.41) is 17.6. The van der Waals surface area contributed by atoms with Gasteiger partial charge in [-0.25, -0.2) is 9.97 Å². The van der Waals surface area contributed by atoms with Gasteiger partial charge in [-0.3, -0.25) is 9.69 Å². The summed E-state index contributed by atoms with van der Waals surface area (Å²) < 4.78 is 0. The Hall–Kier alpha value is -3.12. The minimum absolute atomic E-state index is 0.0543. The molecule has 184 valence electrons. The summed E-state index contributed by atoms with van der Waals surface area (Å²) in [5.74, 6) is 0.545. The van der Waals surface area contributed by atoms with Crippen LogP contribution in [0.15, 0.2) is 47.6 Å². The molecule has 2 N–H and O–H groups in total. The number of fused-ring (bicyclic) bond motifs is 2. The number of benzene rings is 2. The quantitative estimate of drug-likeness (QED) is 0.424. The largest absolute Gasteiger partial charge is 0.324 e.